The van der Waals surface area contributed by atoms with Gasteiger partial charge in [0.25, 0.3) is 5.56 Å². The molecule has 0 unspecified atom stereocenters. The van der Waals surface area contributed by atoms with Crippen LogP contribution < -0.4 is 10.5 Å². The highest BCUT2D eigenvalue weighted by atomic mass is 35.5. The van der Waals surface area contributed by atoms with Gasteiger partial charge < -0.3 is 4.90 Å². The molecule has 0 radical (unpaired) electrons. The Morgan fingerprint density at radius 2 is 1.90 bits per heavy atom. The van der Waals surface area contributed by atoms with Crippen LogP contribution in [0, 0.1) is 6.92 Å². The fourth-order valence-corrected chi connectivity index (χ4v) is 4.90. The lowest BCUT2D eigenvalue weighted by molar-refractivity contribution is 0.841. The van der Waals surface area contributed by atoms with Gasteiger partial charge in [-0.1, -0.05) is 41.6 Å². The molecule has 1 aromatic carbocycles. The van der Waals surface area contributed by atoms with E-state index in [1.54, 1.807) is 16.7 Å². The quantitative estimate of drug-likeness (QED) is 0.424. The monoisotopic (exact) mass is 452 g/mol. The molecule has 0 amide bonds. The third-order valence-electron chi connectivity index (χ3n) is 5.39. The van der Waals surface area contributed by atoms with Gasteiger partial charge in [0.15, 0.2) is 5.16 Å². The number of hydrogen-bond acceptors (Lipinski definition) is 6. The maximum atomic E-state index is 12.5. The van der Waals surface area contributed by atoms with Crippen molar-refractivity contribution in [1.82, 2.24) is 24.1 Å². The van der Waals surface area contributed by atoms with Gasteiger partial charge in [0.1, 0.15) is 5.65 Å². The number of aryl methyl sites for hydroxylation is 1. The van der Waals surface area contributed by atoms with Crippen molar-refractivity contribution in [2.45, 2.75) is 30.7 Å². The lowest BCUT2D eigenvalue weighted by Gasteiger charge is -2.19. The maximum Gasteiger partial charge on any atom is 0.258 e. The SMILES string of the molecule is Cc1cccn2c(=O)cc(CSc3nnc(N4CCCC4)n3-c3ccccc3Cl)nc12. The lowest BCUT2D eigenvalue weighted by Crippen LogP contribution is -2.22. The van der Waals surface area contributed by atoms with Crippen molar-refractivity contribution >= 4 is 35.0 Å². The third kappa shape index (κ3) is 3.81. The first-order valence-electron chi connectivity index (χ1n) is 10.2. The normalized spacial score (nSPS) is 13.9. The molecular formula is C22H21ClN6OS. The molecule has 5 rings (SSSR count). The fraction of sp³-hybridized carbons (Fsp3) is 0.273. The zero-order chi connectivity index (χ0) is 21.4. The summed E-state index contributed by atoms with van der Waals surface area (Å²) < 4.78 is 3.58. The van der Waals surface area contributed by atoms with Crippen LogP contribution in [-0.2, 0) is 5.75 Å². The minimum absolute atomic E-state index is 0.0883. The number of pyridine rings is 1. The largest absolute Gasteiger partial charge is 0.341 e. The van der Waals surface area contributed by atoms with Crippen LogP contribution in [0.15, 0.2) is 58.6 Å². The van der Waals surface area contributed by atoms with Crippen LogP contribution in [0.2, 0.25) is 5.02 Å². The molecule has 1 aliphatic rings. The van der Waals surface area contributed by atoms with Gasteiger partial charge in [-0.25, -0.2) is 4.98 Å². The number of aromatic nitrogens is 5. The van der Waals surface area contributed by atoms with E-state index in [-0.39, 0.29) is 5.56 Å². The number of halogens is 1. The summed E-state index contributed by atoms with van der Waals surface area (Å²) in [5.74, 6) is 1.30. The van der Waals surface area contributed by atoms with Crippen molar-refractivity contribution < 1.29 is 0 Å². The van der Waals surface area contributed by atoms with Crippen LogP contribution in [0.5, 0.6) is 0 Å². The highest BCUT2D eigenvalue weighted by Crippen LogP contribution is 2.32. The Balaban J connectivity index is 1.51. The van der Waals surface area contributed by atoms with Crippen LogP contribution in [0.3, 0.4) is 0 Å². The predicted molar refractivity (Wildman–Crippen MR) is 124 cm³/mol. The molecule has 7 nitrogen and oxygen atoms in total. The summed E-state index contributed by atoms with van der Waals surface area (Å²) in [5, 5.41) is 10.3. The van der Waals surface area contributed by atoms with E-state index in [4.69, 9.17) is 16.6 Å². The Bertz CT molecular complexity index is 1310. The van der Waals surface area contributed by atoms with E-state index in [9.17, 15) is 4.79 Å². The van der Waals surface area contributed by atoms with Gasteiger partial charge in [-0.15, -0.1) is 10.2 Å². The number of nitrogens with zero attached hydrogens (tertiary/aromatic N) is 6. The van der Waals surface area contributed by atoms with Gasteiger partial charge in [-0.05, 0) is 43.5 Å². The minimum atomic E-state index is -0.0883. The molecule has 0 aliphatic carbocycles. The molecule has 0 saturated carbocycles. The summed E-state index contributed by atoms with van der Waals surface area (Å²) in [6.07, 6.45) is 4.02. The highest BCUT2D eigenvalue weighted by Gasteiger charge is 2.23. The lowest BCUT2D eigenvalue weighted by atomic mass is 10.3. The van der Waals surface area contributed by atoms with Gasteiger partial charge in [0.2, 0.25) is 5.95 Å². The smallest absolute Gasteiger partial charge is 0.258 e. The average Bonchev–Trinajstić information content (AvgIpc) is 3.43. The minimum Gasteiger partial charge on any atom is -0.341 e. The number of para-hydroxylation sites is 1. The van der Waals surface area contributed by atoms with E-state index in [1.165, 1.54) is 11.8 Å². The molecule has 4 heterocycles. The summed E-state index contributed by atoms with van der Waals surface area (Å²) in [4.78, 5) is 19.5. The van der Waals surface area contributed by atoms with Crippen molar-refractivity contribution in [2.75, 3.05) is 18.0 Å². The van der Waals surface area contributed by atoms with E-state index in [0.717, 1.165) is 48.3 Å². The van der Waals surface area contributed by atoms with Crippen molar-refractivity contribution in [2.24, 2.45) is 0 Å². The van der Waals surface area contributed by atoms with Gasteiger partial charge >= 0.3 is 0 Å². The van der Waals surface area contributed by atoms with Crippen LogP contribution >= 0.6 is 23.4 Å². The molecule has 1 aliphatic heterocycles. The molecule has 1 fully saturated rings. The van der Waals surface area contributed by atoms with Gasteiger partial charge in [0, 0.05) is 31.1 Å². The molecule has 31 heavy (non-hydrogen) atoms. The van der Waals surface area contributed by atoms with Crippen LogP contribution in [-0.4, -0.2) is 37.2 Å². The van der Waals surface area contributed by atoms with Gasteiger partial charge in [-0.2, -0.15) is 0 Å². The topological polar surface area (TPSA) is 68.3 Å². The van der Waals surface area contributed by atoms with Crippen LogP contribution in [0.1, 0.15) is 24.1 Å². The van der Waals surface area contributed by atoms with E-state index >= 15 is 0 Å². The Labute approximate surface area is 188 Å². The summed E-state index contributed by atoms with van der Waals surface area (Å²) in [6.45, 7) is 3.86. The number of fused-ring (bicyclic) bond motifs is 1. The number of benzene rings is 1. The summed E-state index contributed by atoms with van der Waals surface area (Å²) >= 11 is 8.03. The van der Waals surface area contributed by atoms with Crippen molar-refractivity contribution in [3.8, 4) is 5.69 Å². The summed E-state index contributed by atoms with van der Waals surface area (Å²) in [5.41, 5.74) is 3.11. The second-order valence-electron chi connectivity index (χ2n) is 7.52. The molecule has 0 bridgehead atoms. The second kappa shape index (κ2) is 8.36. The predicted octanol–water partition coefficient (Wildman–Crippen LogP) is 4.13. The molecular weight excluding hydrogens is 432 g/mol. The van der Waals surface area contributed by atoms with E-state index in [1.807, 2.05) is 47.9 Å². The van der Waals surface area contributed by atoms with Crippen molar-refractivity contribution in [3.05, 3.63) is 75.3 Å². The number of thioether (sulfide) groups is 1. The molecule has 1 saturated heterocycles. The molecule has 0 spiro atoms. The second-order valence-corrected chi connectivity index (χ2v) is 8.87. The van der Waals surface area contributed by atoms with E-state index in [2.05, 4.69) is 15.1 Å². The highest BCUT2D eigenvalue weighted by molar-refractivity contribution is 7.98. The third-order valence-corrected chi connectivity index (χ3v) is 6.67. The number of hydrogen-bond donors (Lipinski definition) is 0. The van der Waals surface area contributed by atoms with Crippen molar-refractivity contribution in [1.29, 1.82) is 0 Å². The summed E-state index contributed by atoms with van der Waals surface area (Å²) in [7, 11) is 0. The standard InChI is InChI=1S/C22H21ClN6OS/c1-15-7-6-12-28-19(30)13-16(24-20(15)28)14-31-22-26-25-21(27-10-4-5-11-27)29(22)18-9-3-2-8-17(18)23/h2-3,6-9,12-13H,4-5,10-11,14H2,1H3. The van der Waals surface area contributed by atoms with Gasteiger partial charge in [0.05, 0.1) is 16.4 Å². The Morgan fingerprint density at radius 3 is 2.71 bits per heavy atom. The van der Waals surface area contributed by atoms with Crippen LogP contribution in [0.4, 0.5) is 5.95 Å². The van der Waals surface area contributed by atoms with Crippen LogP contribution in [0.25, 0.3) is 11.3 Å². The Morgan fingerprint density at radius 1 is 1.10 bits per heavy atom. The van der Waals surface area contributed by atoms with E-state index < -0.39 is 0 Å². The molecule has 158 valence electrons. The molecule has 0 atom stereocenters. The molecule has 4 aromatic rings. The zero-order valence-corrected chi connectivity index (χ0v) is 18.6. The number of anilines is 1. The van der Waals surface area contributed by atoms with Gasteiger partial charge in [-0.3, -0.25) is 13.8 Å². The Hall–Kier alpha value is -2.84. The fourth-order valence-electron chi connectivity index (χ4n) is 3.84. The zero-order valence-electron chi connectivity index (χ0n) is 17.0. The average molecular weight is 453 g/mol. The first-order chi connectivity index (χ1) is 15.1. The first-order valence-corrected chi connectivity index (χ1v) is 11.5. The first kappa shape index (κ1) is 20.1. The summed E-state index contributed by atoms with van der Waals surface area (Å²) in [6, 6.07) is 13.1. The van der Waals surface area contributed by atoms with E-state index in [0.29, 0.717) is 22.1 Å². The van der Waals surface area contributed by atoms with Crippen molar-refractivity contribution in [3.63, 3.8) is 0 Å². The molecule has 9 heteroatoms. The maximum absolute atomic E-state index is 12.5. The number of rotatable bonds is 5. The molecule has 0 N–H and O–H groups in total. The Kier molecular flexibility index (Phi) is 5.41. The molecule has 3 aromatic heterocycles.